The smallest absolute Gasteiger partial charge is 0.294 e. The van der Waals surface area contributed by atoms with Crippen LogP contribution in [0.2, 0.25) is 0 Å². The molecule has 0 saturated carbocycles. The quantitative estimate of drug-likeness (QED) is 0.698. The number of rotatable bonds is 2. The van der Waals surface area contributed by atoms with Crippen LogP contribution in [0.15, 0.2) is 10.8 Å². The number of hydrogen-bond acceptors (Lipinski definition) is 2. The van der Waals surface area contributed by atoms with Gasteiger partial charge in [-0.2, -0.15) is 24.5 Å². The van der Waals surface area contributed by atoms with E-state index in [2.05, 4.69) is 0 Å². The summed E-state index contributed by atoms with van der Waals surface area (Å²) in [4.78, 5) is 11.4. The lowest BCUT2D eigenvalue weighted by atomic mass is 10.0. The minimum absolute atomic E-state index is 0.211. The Balaban J connectivity index is 3.12. The fraction of sp³-hybridized carbons (Fsp3) is 0.444. The molecule has 1 aromatic rings. The largest absolute Gasteiger partial charge is 0.417 e. The molecular formula is C9H9F3OS. The van der Waals surface area contributed by atoms with E-state index < -0.39 is 23.4 Å². The highest BCUT2D eigenvalue weighted by Crippen LogP contribution is 2.35. The van der Waals surface area contributed by atoms with Gasteiger partial charge in [-0.25, -0.2) is 0 Å². The molecule has 1 heterocycles. The Kier molecular flexibility index (Phi) is 2.99. The maximum Gasteiger partial charge on any atom is 0.417 e. The molecule has 0 unspecified atom stereocenters. The molecule has 1 nitrogen and oxygen atoms in total. The fourth-order valence-electron chi connectivity index (χ4n) is 1.02. The van der Waals surface area contributed by atoms with Crippen LogP contribution in [0.25, 0.3) is 0 Å². The van der Waals surface area contributed by atoms with Crippen LogP contribution in [-0.2, 0) is 6.18 Å². The van der Waals surface area contributed by atoms with E-state index in [4.69, 9.17) is 0 Å². The third kappa shape index (κ3) is 2.15. The first-order valence-electron chi connectivity index (χ1n) is 4.01. The van der Waals surface area contributed by atoms with Crippen LogP contribution in [0.5, 0.6) is 0 Å². The minimum atomic E-state index is -4.43. The molecule has 0 atom stereocenters. The molecule has 0 aliphatic heterocycles. The zero-order valence-corrected chi connectivity index (χ0v) is 8.50. The molecular weight excluding hydrogens is 213 g/mol. The molecule has 0 spiro atoms. The Hall–Kier alpha value is -0.840. The van der Waals surface area contributed by atoms with Gasteiger partial charge in [0.25, 0.3) is 0 Å². The van der Waals surface area contributed by atoms with Crippen LogP contribution in [0.1, 0.15) is 29.8 Å². The van der Waals surface area contributed by atoms with Crippen molar-refractivity contribution < 1.29 is 18.0 Å². The molecule has 0 saturated heterocycles. The zero-order chi connectivity index (χ0) is 10.9. The van der Waals surface area contributed by atoms with E-state index in [1.165, 1.54) is 5.38 Å². The van der Waals surface area contributed by atoms with Crippen LogP contribution in [0, 0.1) is 5.92 Å². The molecule has 1 rings (SSSR count). The first-order valence-corrected chi connectivity index (χ1v) is 4.96. The van der Waals surface area contributed by atoms with Gasteiger partial charge >= 0.3 is 6.18 Å². The molecule has 5 heteroatoms. The van der Waals surface area contributed by atoms with Gasteiger partial charge in [0.15, 0.2) is 5.78 Å². The zero-order valence-electron chi connectivity index (χ0n) is 7.68. The van der Waals surface area contributed by atoms with Crippen molar-refractivity contribution in [2.24, 2.45) is 5.92 Å². The summed E-state index contributed by atoms with van der Waals surface area (Å²) in [5.74, 6) is -0.871. The molecule has 0 radical (unpaired) electrons. The molecule has 0 N–H and O–H groups in total. The Morgan fingerprint density at radius 2 is 1.93 bits per heavy atom. The normalized spacial score (nSPS) is 12.1. The summed E-state index contributed by atoms with van der Waals surface area (Å²) in [6.07, 6.45) is -4.43. The lowest BCUT2D eigenvalue weighted by molar-refractivity contribution is -0.137. The fourth-order valence-corrected chi connectivity index (χ4v) is 1.86. The summed E-state index contributed by atoms with van der Waals surface area (Å²) in [5.41, 5.74) is -1.03. The minimum Gasteiger partial charge on any atom is -0.294 e. The van der Waals surface area contributed by atoms with Crippen LogP contribution in [-0.4, -0.2) is 5.78 Å². The van der Waals surface area contributed by atoms with E-state index in [0.29, 0.717) is 0 Å². The molecule has 0 bridgehead atoms. The lowest BCUT2D eigenvalue weighted by Crippen LogP contribution is -2.14. The first kappa shape index (κ1) is 11.2. The van der Waals surface area contributed by atoms with Crippen LogP contribution >= 0.6 is 11.3 Å². The number of halogens is 3. The molecule has 78 valence electrons. The van der Waals surface area contributed by atoms with Gasteiger partial charge in [0.1, 0.15) is 0 Å². The lowest BCUT2D eigenvalue weighted by Gasteiger charge is -2.08. The van der Waals surface area contributed by atoms with Crippen molar-refractivity contribution in [2.75, 3.05) is 0 Å². The van der Waals surface area contributed by atoms with Gasteiger partial charge in [-0.05, 0) is 0 Å². The number of carbonyl (C=O) groups excluding carboxylic acids is 1. The van der Waals surface area contributed by atoms with Gasteiger partial charge in [0, 0.05) is 22.2 Å². The van der Waals surface area contributed by atoms with E-state index in [1.54, 1.807) is 13.8 Å². The predicted octanol–water partition coefficient (Wildman–Crippen LogP) is 3.61. The second-order valence-corrected chi connectivity index (χ2v) is 3.96. The number of carbonyl (C=O) groups is 1. The second-order valence-electron chi connectivity index (χ2n) is 3.22. The number of thiophene rings is 1. The maximum atomic E-state index is 12.4. The maximum absolute atomic E-state index is 12.4. The molecule has 0 amide bonds. The Labute approximate surface area is 83.6 Å². The number of alkyl halides is 3. The van der Waals surface area contributed by atoms with Gasteiger partial charge in [-0.3, -0.25) is 4.79 Å². The van der Waals surface area contributed by atoms with Gasteiger partial charge in [-0.1, -0.05) is 13.8 Å². The van der Waals surface area contributed by atoms with Crippen LogP contribution < -0.4 is 0 Å². The number of ketones is 1. The van der Waals surface area contributed by atoms with Gasteiger partial charge < -0.3 is 0 Å². The van der Waals surface area contributed by atoms with Crippen LogP contribution in [0.4, 0.5) is 13.2 Å². The molecule has 14 heavy (non-hydrogen) atoms. The van der Waals surface area contributed by atoms with Crippen molar-refractivity contribution >= 4 is 17.1 Å². The number of Topliss-reactive ketones (excluding diaryl/α,β-unsaturated/α-hetero) is 1. The van der Waals surface area contributed by atoms with Crippen molar-refractivity contribution in [3.63, 3.8) is 0 Å². The molecule has 1 aromatic heterocycles. The summed E-state index contributed by atoms with van der Waals surface area (Å²) >= 11 is 0.898. The highest BCUT2D eigenvalue weighted by molar-refractivity contribution is 7.08. The predicted molar refractivity (Wildman–Crippen MR) is 48.5 cm³/mol. The van der Waals surface area contributed by atoms with E-state index in [-0.39, 0.29) is 5.56 Å². The second kappa shape index (κ2) is 3.73. The number of hydrogen-bond donors (Lipinski definition) is 0. The van der Waals surface area contributed by atoms with Gasteiger partial charge in [0.2, 0.25) is 0 Å². The van der Waals surface area contributed by atoms with Crippen molar-refractivity contribution in [1.82, 2.24) is 0 Å². The van der Waals surface area contributed by atoms with Crippen molar-refractivity contribution in [2.45, 2.75) is 20.0 Å². The average Bonchev–Trinajstić information content (AvgIpc) is 2.48. The molecule has 0 aliphatic rings. The molecule has 0 aromatic carbocycles. The third-order valence-electron chi connectivity index (χ3n) is 1.76. The summed E-state index contributed by atoms with van der Waals surface area (Å²) in [7, 11) is 0. The van der Waals surface area contributed by atoms with Crippen molar-refractivity contribution in [3.8, 4) is 0 Å². The summed E-state index contributed by atoms with van der Waals surface area (Å²) in [6.45, 7) is 3.17. The van der Waals surface area contributed by atoms with Gasteiger partial charge in [0.05, 0.1) is 5.56 Å². The highest BCUT2D eigenvalue weighted by Gasteiger charge is 2.36. The van der Waals surface area contributed by atoms with Crippen molar-refractivity contribution in [1.29, 1.82) is 0 Å². The van der Waals surface area contributed by atoms with E-state index in [1.807, 2.05) is 0 Å². The molecule has 0 fully saturated rings. The average molecular weight is 222 g/mol. The Morgan fingerprint density at radius 1 is 1.36 bits per heavy atom. The van der Waals surface area contributed by atoms with E-state index in [9.17, 15) is 18.0 Å². The Morgan fingerprint density at radius 3 is 2.36 bits per heavy atom. The van der Waals surface area contributed by atoms with E-state index in [0.717, 1.165) is 16.7 Å². The highest BCUT2D eigenvalue weighted by atomic mass is 32.1. The molecule has 0 aliphatic carbocycles. The summed E-state index contributed by atoms with van der Waals surface area (Å²) < 4.78 is 37.1. The standard InChI is InChI=1S/C9H9F3OS/c1-5(2)8(13)6-3-14-4-7(6)9(10,11)12/h3-5H,1-2H3. The topological polar surface area (TPSA) is 17.1 Å². The van der Waals surface area contributed by atoms with Crippen LogP contribution in [0.3, 0.4) is 0 Å². The van der Waals surface area contributed by atoms with Gasteiger partial charge in [-0.15, -0.1) is 0 Å². The first-order chi connectivity index (χ1) is 6.34. The SMILES string of the molecule is CC(C)C(=O)c1cscc1C(F)(F)F. The summed E-state index contributed by atoms with van der Waals surface area (Å²) in [5, 5.41) is 2.22. The van der Waals surface area contributed by atoms with E-state index >= 15 is 0 Å². The Bertz CT molecular complexity index is 338. The monoisotopic (exact) mass is 222 g/mol. The van der Waals surface area contributed by atoms with Crippen molar-refractivity contribution in [3.05, 3.63) is 21.9 Å². The summed E-state index contributed by atoms with van der Waals surface area (Å²) in [6, 6.07) is 0. The third-order valence-corrected chi connectivity index (χ3v) is 2.50.